The molecule has 3 heterocycles. The SMILES string of the molecule is CCOC1COC2(CCN(C(=O)c3cscn3)CC2)C1. The lowest BCUT2D eigenvalue weighted by molar-refractivity contribution is -0.0408. The van der Waals surface area contributed by atoms with Crippen molar-refractivity contribution in [3.63, 3.8) is 0 Å². The second-order valence-corrected chi connectivity index (χ2v) is 6.16. The Labute approximate surface area is 122 Å². The van der Waals surface area contributed by atoms with E-state index in [1.54, 1.807) is 5.51 Å². The van der Waals surface area contributed by atoms with Gasteiger partial charge in [0, 0.05) is 31.5 Å². The molecular formula is C14H20N2O3S. The standard InChI is InChI=1S/C14H20N2O3S/c1-2-18-11-7-14(19-8-11)3-5-16(6-4-14)13(17)12-9-20-10-15-12/h9-11H,2-8H2,1H3. The molecule has 0 bridgehead atoms. The molecule has 0 saturated carbocycles. The number of rotatable bonds is 3. The Hall–Kier alpha value is -0.980. The van der Waals surface area contributed by atoms with Crippen LogP contribution in [0.25, 0.3) is 0 Å². The van der Waals surface area contributed by atoms with Gasteiger partial charge in [0.25, 0.3) is 5.91 Å². The van der Waals surface area contributed by atoms with Gasteiger partial charge in [0.15, 0.2) is 0 Å². The number of hydrogen-bond donors (Lipinski definition) is 0. The fraction of sp³-hybridized carbons (Fsp3) is 0.714. The van der Waals surface area contributed by atoms with E-state index >= 15 is 0 Å². The molecule has 110 valence electrons. The zero-order chi connectivity index (χ0) is 14.0. The minimum absolute atomic E-state index is 0.0421. The first-order valence-electron chi connectivity index (χ1n) is 7.15. The van der Waals surface area contributed by atoms with E-state index in [1.807, 2.05) is 17.2 Å². The van der Waals surface area contributed by atoms with Crippen LogP contribution in [0.5, 0.6) is 0 Å². The zero-order valence-corrected chi connectivity index (χ0v) is 12.5. The van der Waals surface area contributed by atoms with Crippen LogP contribution >= 0.6 is 11.3 Å². The molecule has 2 saturated heterocycles. The number of nitrogens with zero attached hydrogens (tertiary/aromatic N) is 2. The summed E-state index contributed by atoms with van der Waals surface area (Å²) in [6.45, 7) is 4.93. The third kappa shape index (κ3) is 2.73. The second kappa shape index (κ2) is 5.79. The summed E-state index contributed by atoms with van der Waals surface area (Å²) >= 11 is 1.46. The topological polar surface area (TPSA) is 51.7 Å². The van der Waals surface area contributed by atoms with Crippen molar-refractivity contribution in [2.45, 2.75) is 37.9 Å². The first-order valence-corrected chi connectivity index (χ1v) is 8.10. The fourth-order valence-electron chi connectivity index (χ4n) is 3.09. The quantitative estimate of drug-likeness (QED) is 0.855. The largest absolute Gasteiger partial charge is 0.376 e. The van der Waals surface area contributed by atoms with E-state index < -0.39 is 0 Å². The third-order valence-electron chi connectivity index (χ3n) is 4.19. The van der Waals surface area contributed by atoms with Crippen molar-refractivity contribution in [1.29, 1.82) is 0 Å². The van der Waals surface area contributed by atoms with E-state index in [0.717, 1.165) is 39.0 Å². The number of thiazole rings is 1. The molecule has 0 N–H and O–H groups in total. The fourth-order valence-corrected chi connectivity index (χ4v) is 3.62. The highest BCUT2D eigenvalue weighted by Gasteiger charge is 2.43. The average molecular weight is 296 g/mol. The number of ether oxygens (including phenoxy) is 2. The summed E-state index contributed by atoms with van der Waals surface area (Å²) in [6.07, 6.45) is 2.97. The van der Waals surface area contributed by atoms with Crippen LogP contribution < -0.4 is 0 Å². The van der Waals surface area contributed by atoms with Crippen LogP contribution in [0.15, 0.2) is 10.9 Å². The maximum Gasteiger partial charge on any atom is 0.273 e. The predicted octanol–water partition coefficient (Wildman–Crippen LogP) is 1.94. The Morgan fingerprint density at radius 2 is 2.40 bits per heavy atom. The van der Waals surface area contributed by atoms with Crippen molar-refractivity contribution in [3.05, 3.63) is 16.6 Å². The van der Waals surface area contributed by atoms with E-state index in [0.29, 0.717) is 12.3 Å². The van der Waals surface area contributed by atoms with Crippen LogP contribution in [0.4, 0.5) is 0 Å². The van der Waals surface area contributed by atoms with Crippen LogP contribution in [0.3, 0.4) is 0 Å². The highest BCUT2D eigenvalue weighted by atomic mass is 32.1. The van der Waals surface area contributed by atoms with Gasteiger partial charge in [-0.1, -0.05) is 0 Å². The predicted molar refractivity (Wildman–Crippen MR) is 76.0 cm³/mol. The number of carbonyl (C=O) groups excluding carboxylic acids is 1. The molecule has 1 unspecified atom stereocenters. The molecule has 1 aromatic rings. The molecule has 1 aromatic heterocycles. The van der Waals surface area contributed by atoms with Crippen molar-refractivity contribution in [2.24, 2.45) is 0 Å². The lowest BCUT2D eigenvalue weighted by Gasteiger charge is -2.38. The summed E-state index contributed by atoms with van der Waals surface area (Å²) in [5.41, 5.74) is 2.19. The molecule has 3 rings (SSSR count). The van der Waals surface area contributed by atoms with Gasteiger partial charge >= 0.3 is 0 Å². The van der Waals surface area contributed by atoms with Crippen LogP contribution in [-0.2, 0) is 9.47 Å². The van der Waals surface area contributed by atoms with Crippen LogP contribution in [0.2, 0.25) is 0 Å². The Bertz CT molecular complexity index is 455. The molecule has 0 aromatic carbocycles. The minimum Gasteiger partial charge on any atom is -0.376 e. The molecule has 20 heavy (non-hydrogen) atoms. The smallest absolute Gasteiger partial charge is 0.273 e. The molecule has 2 fully saturated rings. The van der Waals surface area contributed by atoms with Gasteiger partial charge in [0.2, 0.25) is 0 Å². The molecule has 0 aliphatic carbocycles. The summed E-state index contributed by atoms with van der Waals surface area (Å²) < 4.78 is 11.6. The highest BCUT2D eigenvalue weighted by Crippen LogP contribution is 2.37. The molecule has 0 radical (unpaired) electrons. The van der Waals surface area contributed by atoms with Crippen molar-refractivity contribution in [1.82, 2.24) is 9.88 Å². The molecule has 5 nitrogen and oxygen atoms in total. The molecule has 1 spiro atoms. The molecular weight excluding hydrogens is 276 g/mol. The number of carbonyl (C=O) groups is 1. The number of hydrogen-bond acceptors (Lipinski definition) is 5. The van der Waals surface area contributed by atoms with Gasteiger partial charge in [-0.25, -0.2) is 4.98 Å². The Morgan fingerprint density at radius 1 is 1.60 bits per heavy atom. The van der Waals surface area contributed by atoms with Crippen LogP contribution in [0.1, 0.15) is 36.7 Å². The van der Waals surface area contributed by atoms with Crippen LogP contribution in [0, 0.1) is 0 Å². The average Bonchev–Trinajstić information content (AvgIpc) is 3.10. The van der Waals surface area contributed by atoms with Gasteiger partial charge in [-0.2, -0.15) is 0 Å². The molecule has 2 aliphatic heterocycles. The Kier molecular flexibility index (Phi) is 4.05. The van der Waals surface area contributed by atoms with Crippen molar-refractivity contribution in [2.75, 3.05) is 26.3 Å². The monoisotopic (exact) mass is 296 g/mol. The normalized spacial score (nSPS) is 25.2. The van der Waals surface area contributed by atoms with Crippen molar-refractivity contribution >= 4 is 17.2 Å². The third-order valence-corrected chi connectivity index (χ3v) is 4.78. The number of likely N-dealkylation sites (tertiary alicyclic amines) is 1. The first-order chi connectivity index (χ1) is 9.72. The minimum atomic E-state index is -0.0707. The maximum atomic E-state index is 12.2. The Balaban J connectivity index is 1.56. The van der Waals surface area contributed by atoms with E-state index in [9.17, 15) is 4.79 Å². The molecule has 1 atom stereocenters. The lowest BCUT2D eigenvalue weighted by Crippen LogP contribution is -2.46. The number of piperidine rings is 1. The van der Waals surface area contributed by atoms with E-state index in [-0.39, 0.29) is 17.6 Å². The first kappa shape index (κ1) is 14.0. The molecule has 6 heteroatoms. The second-order valence-electron chi connectivity index (χ2n) is 5.44. The molecule has 1 amide bonds. The lowest BCUT2D eigenvalue weighted by atomic mass is 9.88. The van der Waals surface area contributed by atoms with E-state index in [2.05, 4.69) is 4.98 Å². The van der Waals surface area contributed by atoms with Crippen LogP contribution in [-0.4, -0.2) is 53.8 Å². The van der Waals surface area contributed by atoms with E-state index in [4.69, 9.17) is 9.47 Å². The number of amides is 1. The van der Waals surface area contributed by atoms with Gasteiger partial charge in [-0.05, 0) is 19.8 Å². The van der Waals surface area contributed by atoms with Crippen molar-refractivity contribution in [3.8, 4) is 0 Å². The van der Waals surface area contributed by atoms with Gasteiger partial charge in [-0.15, -0.1) is 11.3 Å². The summed E-state index contributed by atoms with van der Waals surface area (Å²) in [5.74, 6) is 0.0421. The van der Waals surface area contributed by atoms with Gasteiger partial charge < -0.3 is 14.4 Å². The van der Waals surface area contributed by atoms with E-state index in [1.165, 1.54) is 11.3 Å². The van der Waals surface area contributed by atoms with Gasteiger partial charge in [0.1, 0.15) is 5.69 Å². The van der Waals surface area contributed by atoms with Crippen molar-refractivity contribution < 1.29 is 14.3 Å². The van der Waals surface area contributed by atoms with Gasteiger partial charge in [-0.3, -0.25) is 4.79 Å². The zero-order valence-electron chi connectivity index (χ0n) is 11.7. The summed E-state index contributed by atoms with van der Waals surface area (Å²) in [7, 11) is 0. The summed E-state index contributed by atoms with van der Waals surface area (Å²) in [5, 5.41) is 1.81. The Morgan fingerprint density at radius 3 is 3.05 bits per heavy atom. The summed E-state index contributed by atoms with van der Waals surface area (Å²) in [4.78, 5) is 18.2. The highest BCUT2D eigenvalue weighted by molar-refractivity contribution is 7.07. The number of aromatic nitrogens is 1. The summed E-state index contributed by atoms with van der Waals surface area (Å²) in [6, 6.07) is 0. The van der Waals surface area contributed by atoms with Gasteiger partial charge in [0.05, 0.1) is 23.8 Å². The maximum absolute atomic E-state index is 12.2. The molecule has 2 aliphatic rings.